The topological polar surface area (TPSA) is 85.2 Å². The number of nitrogens with zero attached hydrogens (tertiary/aromatic N) is 3. The highest BCUT2D eigenvalue weighted by Gasteiger charge is 2.17. The van der Waals surface area contributed by atoms with Crippen LogP contribution in [-0.2, 0) is 9.53 Å². The van der Waals surface area contributed by atoms with Crippen molar-refractivity contribution in [1.29, 1.82) is 0 Å². The number of morpholine rings is 1. The molecule has 27 heavy (non-hydrogen) atoms. The Labute approximate surface area is 159 Å². The fourth-order valence-corrected chi connectivity index (χ4v) is 3.42. The maximum atomic E-state index is 12.3. The van der Waals surface area contributed by atoms with Crippen LogP contribution < -0.4 is 10.1 Å². The molecule has 0 bridgehead atoms. The minimum atomic E-state index is -0.276. The molecule has 1 aromatic carbocycles. The summed E-state index contributed by atoms with van der Waals surface area (Å²) in [5.41, 5.74) is 0.987. The van der Waals surface area contributed by atoms with Gasteiger partial charge in [-0.3, -0.25) is 14.0 Å². The zero-order valence-corrected chi connectivity index (χ0v) is 15.3. The van der Waals surface area contributed by atoms with Crippen molar-refractivity contribution >= 4 is 33.8 Å². The largest absolute Gasteiger partial charge is 0.484 e. The molecular formula is C18H18N4O4S. The predicted molar refractivity (Wildman–Crippen MR) is 100 cm³/mol. The summed E-state index contributed by atoms with van der Waals surface area (Å²) in [7, 11) is 0. The van der Waals surface area contributed by atoms with Crippen molar-refractivity contribution in [2.75, 3.05) is 38.2 Å². The van der Waals surface area contributed by atoms with Gasteiger partial charge in [0.25, 0.3) is 11.8 Å². The first-order valence-electron chi connectivity index (χ1n) is 8.51. The van der Waals surface area contributed by atoms with E-state index in [0.29, 0.717) is 43.4 Å². The van der Waals surface area contributed by atoms with Gasteiger partial charge in [-0.25, -0.2) is 4.98 Å². The number of ether oxygens (including phenoxy) is 2. The number of amides is 2. The van der Waals surface area contributed by atoms with Crippen LogP contribution in [-0.4, -0.2) is 59.0 Å². The SMILES string of the molecule is O=C(Nc1ccc(OCC(=O)N2CCOCC2)cc1)c1cn2ccsc2n1. The van der Waals surface area contributed by atoms with Crippen LogP contribution in [0.15, 0.2) is 42.0 Å². The summed E-state index contributed by atoms with van der Waals surface area (Å²) in [6, 6.07) is 6.89. The monoisotopic (exact) mass is 386 g/mol. The summed E-state index contributed by atoms with van der Waals surface area (Å²) in [5.74, 6) is 0.231. The lowest BCUT2D eigenvalue weighted by atomic mass is 10.3. The molecule has 8 nitrogen and oxygen atoms in total. The number of carbonyl (C=O) groups excluding carboxylic acids is 2. The van der Waals surface area contributed by atoms with Crippen LogP contribution in [0.25, 0.3) is 4.96 Å². The van der Waals surface area contributed by atoms with Gasteiger partial charge in [-0.1, -0.05) is 0 Å². The van der Waals surface area contributed by atoms with Gasteiger partial charge in [0, 0.05) is 36.6 Å². The number of carbonyl (C=O) groups is 2. The van der Waals surface area contributed by atoms with E-state index in [4.69, 9.17) is 9.47 Å². The van der Waals surface area contributed by atoms with E-state index in [1.165, 1.54) is 11.3 Å². The number of imidazole rings is 1. The Hall–Kier alpha value is -2.91. The van der Waals surface area contributed by atoms with E-state index >= 15 is 0 Å². The molecule has 0 saturated carbocycles. The standard InChI is InChI=1S/C18H18N4O4S/c23-16(21-5-8-25-9-6-21)12-26-14-3-1-13(2-4-14)19-17(24)15-11-22-7-10-27-18(22)20-15/h1-4,7,10-11H,5-6,8-9,12H2,(H,19,24). The second-order valence-corrected chi connectivity index (χ2v) is 6.85. The van der Waals surface area contributed by atoms with Gasteiger partial charge < -0.3 is 19.7 Å². The average molecular weight is 386 g/mol. The molecule has 1 N–H and O–H groups in total. The second-order valence-electron chi connectivity index (χ2n) is 5.98. The van der Waals surface area contributed by atoms with Crippen molar-refractivity contribution < 1.29 is 19.1 Å². The van der Waals surface area contributed by atoms with Gasteiger partial charge in [0.15, 0.2) is 11.6 Å². The third-order valence-corrected chi connectivity index (χ3v) is 4.93. The van der Waals surface area contributed by atoms with Crippen molar-refractivity contribution in [3.8, 4) is 5.75 Å². The molecular weight excluding hydrogens is 368 g/mol. The van der Waals surface area contributed by atoms with Gasteiger partial charge in [-0.2, -0.15) is 0 Å². The Kier molecular flexibility index (Phi) is 5.03. The first-order chi connectivity index (χ1) is 13.2. The molecule has 0 unspecified atom stereocenters. The van der Waals surface area contributed by atoms with E-state index in [0.717, 1.165) is 4.96 Å². The van der Waals surface area contributed by atoms with E-state index in [-0.39, 0.29) is 18.4 Å². The zero-order valence-electron chi connectivity index (χ0n) is 14.5. The highest BCUT2D eigenvalue weighted by Crippen LogP contribution is 2.17. The van der Waals surface area contributed by atoms with Crippen molar-refractivity contribution in [2.45, 2.75) is 0 Å². The summed E-state index contributed by atoms with van der Waals surface area (Å²) in [5, 5.41) is 4.71. The van der Waals surface area contributed by atoms with Gasteiger partial charge in [-0.05, 0) is 24.3 Å². The van der Waals surface area contributed by atoms with Gasteiger partial charge in [0.05, 0.1) is 13.2 Å². The van der Waals surface area contributed by atoms with E-state index < -0.39 is 0 Å². The molecule has 1 aliphatic heterocycles. The van der Waals surface area contributed by atoms with Gasteiger partial charge in [0.2, 0.25) is 0 Å². The minimum Gasteiger partial charge on any atom is -0.484 e. The van der Waals surface area contributed by atoms with E-state index in [2.05, 4.69) is 10.3 Å². The average Bonchev–Trinajstić information content (AvgIpc) is 3.30. The Morgan fingerprint density at radius 1 is 1.22 bits per heavy atom. The molecule has 1 aliphatic rings. The van der Waals surface area contributed by atoms with Gasteiger partial charge in [0.1, 0.15) is 11.4 Å². The summed E-state index contributed by atoms with van der Waals surface area (Å²) in [6.07, 6.45) is 3.55. The molecule has 4 rings (SSSR count). The van der Waals surface area contributed by atoms with Crippen LogP contribution in [0.2, 0.25) is 0 Å². The van der Waals surface area contributed by atoms with Gasteiger partial charge in [-0.15, -0.1) is 11.3 Å². The Morgan fingerprint density at radius 2 is 2.00 bits per heavy atom. The number of thiazole rings is 1. The fraction of sp³-hybridized carbons (Fsp3) is 0.278. The Balaban J connectivity index is 1.31. The number of hydrogen-bond donors (Lipinski definition) is 1. The smallest absolute Gasteiger partial charge is 0.275 e. The zero-order chi connectivity index (χ0) is 18.6. The molecule has 0 atom stereocenters. The quantitative estimate of drug-likeness (QED) is 0.724. The first-order valence-corrected chi connectivity index (χ1v) is 9.39. The molecule has 0 radical (unpaired) electrons. The molecule has 140 valence electrons. The minimum absolute atomic E-state index is 0.0168. The lowest BCUT2D eigenvalue weighted by molar-refractivity contribution is -0.137. The molecule has 1 fully saturated rings. The lowest BCUT2D eigenvalue weighted by Gasteiger charge is -2.26. The van der Waals surface area contributed by atoms with E-state index in [9.17, 15) is 9.59 Å². The number of rotatable bonds is 5. The maximum Gasteiger partial charge on any atom is 0.275 e. The number of hydrogen-bond acceptors (Lipinski definition) is 6. The molecule has 2 amide bonds. The van der Waals surface area contributed by atoms with Crippen molar-refractivity contribution in [1.82, 2.24) is 14.3 Å². The Morgan fingerprint density at radius 3 is 2.74 bits per heavy atom. The number of fused-ring (bicyclic) bond motifs is 1. The molecule has 2 aromatic heterocycles. The summed E-state index contributed by atoms with van der Waals surface area (Å²) in [6.45, 7) is 2.30. The molecule has 3 heterocycles. The normalized spacial score (nSPS) is 14.3. The maximum absolute atomic E-state index is 12.3. The number of anilines is 1. The highest BCUT2D eigenvalue weighted by atomic mass is 32.1. The molecule has 1 saturated heterocycles. The summed E-state index contributed by atoms with van der Waals surface area (Å²) < 4.78 is 12.6. The van der Waals surface area contributed by atoms with E-state index in [1.807, 2.05) is 16.0 Å². The predicted octanol–water partition coefficient (Wildman–Crippen LogP) is 1.89. The van der Waals surface area contributed by atoms with Crippen LogP contribution in [0.1, 0.15) is 10.5 Å². The van der Waals surface area contributed by atoms with Crippen LogP contribution in [0.4, 0.5) is 5.69 Å². The third-order valence-electron chi connectivity index (χ3n) is 4.16. The summed E-state index contributed by atoms with van der Waals surface area (Å²) >= 11 is 1.47. The van der Waals surface area contributed by atoms with Crippen molar-refractivity contribution in [3.05, 3.63) is 47.7 Å². The highest BCUT2D eigenvalue weighted by molar-refractivity contribution is 7.15. The molecule has 3 aromatic rings. The van der Waals surface area contributed by atoms with Crippen LogP contribution in [0.3, 0.4) is 0 Å². The van der Waals surface area contributed by atoms with Crippen LogP contribution in [0, 0.1) is 0 Å². The third kappa shape index (κ3) is 4.09. The van der Waals surface area contributed by atoms with Crippen LogP contribution >= 0.6 is 11.3 Å². The van der Waals surface area contributed by atoms with Crippen LogP contribution in [0.5, 0.6) is 5.75 Å². The Bertz CT molecular complexity index is 915. The lowest BCUT2D eigenvalue weighted by Crippen LogP contribution is -2.42. The molecule has 0 aliphatic carbocycles. The van der Waals surface area contributed by atoms with Crippen molar-refractivity contribution in [3.63, 3.8) is 0 Å². The number of nitrogens with one attached hydrogen (secondary N) is 1. The molecule has 9 heteroatoms. The fourth-order valence-electron chi connectivity index (χ4n) is 2.72. The second kappa shape index (κ2) is 7.77. The van der Waals surface area contributed by atoms with Gasteiger partial charge >= 0.3 is 0 Å². The first kappa shape index (κ1) is 17.5. The van der Waals surface area contributed by atoms with Crippen molar-refractivity contribution in [2.24, 2.45) is 0 Å². The molecule has 0 spiro atoms. The summed E-state index contributed by atoms with van der Waals surface area (Å²) in [4.78, 5) is 31.1. The number of benzene rings is 1. The van der Waals surface area contributed by atoms with E-state index in [1.54, 1.807) is 35.4 Å². The number of aromatic nitrogens is 2.